The molecular weight excluding hydrogens is 382 g/mol. The molecular formula is C23H41N3O2S. The average molecular weight is 424 g/mol. The average Bonchev–Trinajstić information content (AvgIpc) is 3.26. The lowest BCUT2D eigenvalue weighted by Gasteiger charge is -2.25. The van der Waals surface area contributed by atoms with E-state index in [0.29, 0.717) is 5.56 Å². The van der Waals surface area contributed by atoms with Crippen molar-refractivity contribution < 1.29 is 12.0 Å². The Hall–Kier alpha value is -1.78. The first-order valence-corrected chi connectivity index (χ1v) is 11.1. The van der Waals surface area contributed by atoms with Gasteiger partial charge in [0.25, 0.3) is 0 Å². The first-order valence-electron chi connectivity index (χ1n) is 10.2. The van der Waals surface area contributed by atoms with Crippen molar-refractivity contribution in [1.82, 2.24) is 10.3 Å². The predicted molar refractivity (Wildman–Crippen MR) is 128 cm³/mol. The number of aliphatic hydroxyl groups excluding tert-OH is 1. The lowest BCUT2D eigenvalue weighted by Crippen LogP contribution is -2.11. The number of thiophene rings is 1. The second-order valence-corrected chi connectivity index (χ2v) is 7.38. The van der Waals surface area contributed by atoms with Crippen LogP contribution in [0.2, 0.25) is 0 Å². The smallest absolute Gasteiger partial charge is 0.123 e. The molecule has 1 aliphatic rings. The van der Waals surface area contributed by atoms with Crippen LogP contribution in [0.1, 0.15) is 65.4 Å². The Kier molecular flexibility index (Phi) is 18.5. The Balaban J connectivity index is -0.000000371. The van der Waals surface area contributed by atoms with E-state index in [1.807, 2.05) is 32.2 Å². The van der Waals surface area contributed by atoms with Gasteiger partial charge in [-0.05, 0) is 68.5 Å². The molecule has 29 heavy (non-hydrogen) atoms. The summed E-state index contributed by atoms with van der Waals surface area (Å²) in [4.78, 5) is 5.17. The monoisotopic (exact) mass is 423 g/mol. The van der Waals surface area contributed by atoms with Crippen LogP contribution >= 0.6 is 11.3 Å². The number of aryl methyl sites for hydroxylation is 1. The van der Waals surface area contributed by atoms with E-state index in [9.17, 15) is 0 Å². The first kappa shape index (κ1) is 29.4. The van der Waals surface area contributed by atoms with Crippen LogP contribution in [0.5, 0.6) is 0 Å². The van der Waals surface area contributed by atoms with E-state index in [2.05, 4.69) is 35.9 Å². The van der Waals surface area contributed by atoms with E-state index in [1.165, 1.54) is 32.1 Å². The van der Waals surface area contributed by atoms with Gasteiger partial charge in [-0.15, -0.1) is 17.9 Å². The Labute approximate surface area is 182 Å². The van der Waals surface area contributed by atoms with Crippen molar-refractivity contribution in [2.45, 2.75) is 59.8 Å². The van der Waals surface area contributed by atoms with Crippen LogP contribution in [-0.2, 0) is 0 Å². The number of hydrogen-bond donors (Lipinski definition) is 2. The van der Waals surface area contributed by atoms with Crippen LogP contribution in [0.15, 0.2) is 30.3 Å². The fourth-order valence-corrected chi connectivity index (χ4v) is 3.79. The van der Waals surface area contributed by atoms with Gasteiger partial charge >= 0.3 is 0 Å². The highest BCUT2D eigenvalue weighted by Crippen LogP contribution is 2.30. The van der Waals surface area contributed by atoms with Gasteiger partial charge in [0.05, 0.1) is 12.3 Å². The van der Waals surface area contributed by atoms with Gasteiger partial charge in [-0.2, -0.15) is 5.26 Å². The molecule has 0 spiro atoms. The third kappa shape index (κ3) is 10.5. The molecule has 0 aliphatic heterocycles. The van der Waals surface area contributed by atoms with Crippen molar-refractivity contribution in [3.05, 3.63) is 41.4 Å². The fraction of sp³-hybridized carbons (Fsp3) is 0.565. The summed E-state index contributed by atoms with van der Waals surface area (Å²) in [6, 6.07) is 4.12. The van der Waals surface area contributed by atoms with E-state index in [4.69, 9.17) is 10.4 Å². The molecule has 0 atom stereocenters. The number of aromatic nitrogens is 1. The van der Waals surface area contributed by atoms with Crippen LogP contribution in [0.4, 0.5) is 0 Å². The van der Waals surface area contributed by atoms with Crippen LogP contribution in [0, 0.1) is 30.1 Å². The first-order chi connectivity index (χ1) is 13.6. The molecule has 2 aromatic heterocycles. The van der Waals surface area contributed by atoms with E-state index < -0.39 is 0 Å². The molecule has 0 saturated heterocycles. The molecule has 1 saturated carbocycles. The molecule has 0 amide bonds. The van der Waals surface area contributed by atoms with Gasteiger partial charge in [-0.3, -0.25) is 5.32 Å². The zero-order valence-corrected chi connectivity index (χ0v) is 19.5. The highest BCUT2D eigenvalue weighted by atomic mass is 32.1. The van der Waals surface area contributed by atoms with Gasteiger partial charge in [0.1, 0.15) is 10.9 Å². The van der Waals surface area contributed by atoms with Gasteiger partial charge in [0.15, 0.2) is 0 Å². The van der Waals surface area contributed by atoms with E-state index in [-0.39, 0.29) is 13.6 Å². The van der Waals surface area contributed by atoms with Crippen LogP contribution in [0.3, 0.4) is 0 Å². The number of rotatable bonds is 3. The number of hydrogen-bond acceptors (Lipinski definition) is 5. The molecule has 5 nitrogen and oxygen atoms in total. The van der Waals surface area contributed by atoms with Crippen molar-refractivity contribution in [3.8, 4) is 6.07 Å². The fourth-order valence-electron chi connectivity index (χ4n) is 3.00. The summed E-state index contributed by atoms with van der Waals surface area (Å²) in [6.07, 6.45) is 10.8. The highest BCUT2D eigenvalue weighted by molar-refractivity contribution is 7.16. The second kappa shape index (κ2) is 18.3. The predicted octanol–water partition coefficient (Wildman–Crippen LogP) is 5.47. The molecule has 166 valence electrons. The quantitative estimate of drug-likeness (QED) is 0.505. The molecule has 1 aliphatic carbocycles. The van der Waals surface area contributed by atoms with E-state index >= 15 is 0 Å². The second-order valence-electron chi connectivity index (χ2n) is 6.48. The number of nitrogens with one attached hydrogen (secondary N) is 1. The summed E-state index contributed by atoms with van der Waals surface area (Å²) in [5.74, 6) is 1.86. The molecule has 3 rings (SSSR count). The Morgan fingerprint density at radius 2 is 1.97 bits per heavy atom. The molecule has 0 aromatic carbocycles. The lowest BCUT2D eigenvalue weighted by atomic mass is 9.81. The Morgan fingerprint density at radius 3 is 2.41 bits per heavy atom. The highest BCUT2D eigenvalue weighted by Gasteiger charge is 2.16. The van der Waals surface area contributed by atoms with Crippen molar-refractivity contribution in [3.63, 3.8) is 0 Å². The largest absolute Gasteiger partial charge is 0.412 e. The molecule has 0 unspecified atom stereocenters. The minimum atomic E-state index is 0. The number of fused-ring (bicyclic) bond motifs is 1. The number of pyridine rings is 1. The summed E-state index contributed by atoms with van der Waals surface area (Å²) in [5.41, 5.74) is 1.70. The molecule has 0 radical (unpaired) electrons. The minimum absolute atomic E-state index is 0. The van der Waals surface area contributed by atoms with Gasteiger partial charge in [-0.25, -0.2) is 4.98 Å². The summed E-state index contributed by atoms with van der Waals surface area (Å²) >= 11 is 1.60. The molecule has 2 heterocycles. The summed E-state index contributed by atoms with van der Waals surface area (Å²) < 4.78 is 0. The molecule has 1 fully saturated rings. The Bertz CT molecular complexity index is 706. The van der Waals surface area contributed by atoms with E-state index in [1.54, 1.807) is 24.6 Å². The van der Waals surface area contributed by atoms with Crippen LogP contribution < -0.4 is 5.32 Å². The summed E-state index contributed by atoms with van der Waals surface area (Å²) in [7, 11) is 1.68. The topological polar surface area (TPSA) is 100 Å². The third-order valence-electron chi connectivity index (χ3n) is 4.84. The van der Waals surface area contributed by atoms with Gasteiger partial charge in [-0.1, -0.05) is 33.3 Å². The van der Waals surface area contributed by atoms with Crippen LogP contribution in [-0.4, -0.2) is 29.3 Å². The van der Waals surface area contributed by atoms with Crippen molar-refractivity contribution in [1.29, 1.82) is 5.26 Å². The molecule has 4 N–H and O–H groups in total. The van der Waals surface area contributed by atoms with Crippen molar-refractivity contribution in [2.24, 2.45) is 11.8 Å². The number of nitriles is 1. The standard InChI is InChI=1S/C10H18.C9H6N2S.C2H7NO.C2H6.H2O.H2/c1-3-9-5-7-10(4-2)8-6-9;1-6-7(4-10)5-11-9-8(6)2-3-12-9;1-3-2-4;1-2;;/h3,9-10H,1,4-8H2,2H3;2-3,5H,1H3;3-4H,2H2,1H3;1-2H3;1H2;1H. The van der Waals surface area contributed by atoms with Crippen LogP contribution in [0.25, 0.3) is 10.2 Å². The minimum Gasteiger partial charge on any atom is -0.412 e. The van der Waals surface area contributed by atoms with Gasteiger partial charge < -0.3 is 10.6 Å². The lowest BCUT2D eigenvalue weighted by molar-refractivity contribution is 0.273. The number of allylic oxidation sites excluding steroid dienone is 1. The maximum Gasteiger partial charge on any atom is 0.123 e. The SMILES string of the molecule is C=CC1CCC(CC)CC1.CC.CNCO.Cc1c(C#N)cnc2sccc12.O.[HH]. The normalized spacial score (nSPS) is 17.0. The number of nitrogens with zero attached hydrogens (tertiary/aromatic N) is 2. The third-order valence-corrected chi connectivity index (χ3v) is 5.67. The Morgan fingerprint density at radius 1 is 1.38 bits per heavy atom. The zero-order chi connectivity index (χ0) is 21.4. The number of aliphatic hydroxyl groups is 1. The molecule has 6 heteroatoms. The maximum absolute atomic E-state index is 8.73. The van der Waals surface area contributed by atoms with Crippen molar-refractivity contribution in [2.75, 3.05) is 13.8 Å². The molecule has 2 aromatic rings. The molecule has 0 bridgehead atoms. The summed E-state index contributed by atoms with van der Waals surface area (Å²) in [5, 5.41) is 22.1. The van der Waals surface area contributed by atoms with Gasteiger partial charge in [0, 0.05) is 13.0 Å². The summed E-state index contributed by atoms with van der Waals surface area (Å²) in [6.45, 7) is 12.2. The zero-order valence-electron chi connectivity index (χ0n) is 18.7. The van der Waals surface area contributed by atoms with Crippen molar-refractivity contribution >= 4 is 21.6 Å². The maximum atomic E-state index is 8.73. The van der Waals surface area contributed by atoms with Gasteiger partial charge in [0.2, 0.25) is 0 Å². The van der Waals surface area contributed by atoms with E-state index in [0.717, 1.165) is 27.6 Å².